The highest BCUT2D eigenvalue weighted by atomic mass is 16.5. The predicted molar refractivity (Wildman–Crippen MR) is 110 cm³/mol. The van der Waals surface area contributed by atoms with Gasteiger partial charge in [-0.25, -0.2) is 0 Å². The van der Waals surface area contributed by atoms with Gasteiger partial charge in [0.25, 0.3) is 0 Å². The summed E-state index contributed by atoms with van der Waals surface area (Å²) < 4.78 is 5.14. The molecule has 0 aromatic heterocycles. The number of benzene rings is 1. The van der Waals surface area contributed by atoms with Crippen molar-refractivity contribution < 1.29 is 19.7 Å². The van der Waals surface area contributed by atoms with Crippen LogP contribution in [0.4, 0.5) is 0 Å². The van der Waals surface area contributed by atoms with E-state index >= 15 is 0 Å². The van der Waals surface area contributed by atoms with Gasteiger partial charge in [-0.05, 0) is 25.0 Å². The normalized spacial score (nSPS) is 10.9. The molecule has 0 amide bonds. The van der Waals surface area contributed by atoms with Crippen LogP contribution in [0.1, 0.15) is 103 Å². The van der Waals surface area contributed by atoms with E-state index in [0.717, 1.165) is 12.8 Å². The van der Waals surface area contributed by atoms with Crippen molar-refractivity contribution in [2.75, 3.05) is 0 Å². The summed E-state index contributed by atoms with van der Waals surface area (Å²) in [6.45, 7) is 3.59. The Morgan fingerprint density at radius 1 is 0.815 bits per heavy atom. The zero-order valence-electron chi connectivity index (χ0n) is 17.3. The molecular weight excluding hydrogens is 340 g/mol. The first-order valence-electron chi connectivity index (χ1n) is 10.8. The summed E-state index contributed by atoms with van der Waals surface area (Å²) in [6.07, 6.45) is 17.2. The van der Waals surface area contributed by atoms with Crippen molar-refractivity contribution in [3.05, 3.63) is 17.7 Å². The van der Waals surface area contributed by atoms with E-state index in [2.05, 4.69) is 6.92 Å². The zero-order chi connectivity index (χ0) is 19.9. The molecule has 0 fully saturated rings. The molecule has 2 N–H and O–H groups in total. The molecule has 0 unspecified atom stereocenters. The second-order valence-electron chi connectivity index (χ2n) is 7.50. The van der Waals surface area contributed by atoms with Crippen LogP contribution in [-0.4, -0.2) is 16.2 Å². The Hall–Kier alpha value is -1.71. The molecule has 0 bridgehead atoms. The molecule has 0 aliphatic carbocycles. The van der Waals surface area contributed by atoms with Crippen molar-refractivity contribution in [1.29, 1.82) is 0 Å². The van der Waals surface area contributed by atoms with E-state index in [-0.39, 0.29) is 11.5 Å². The first-order valence-corrected chi connectivity index (χ1v) is 10.8. The third kappa shape index (κ3) is 10.3. The van der Waals surface area contributed by atoms with Gasteiger partial charge in [-0.2, -0.15) is 0 Å². The maximum Gasteiger partial charge on any atom is 0.308 e. The average Bonchev–Trinajstić information content (AvgIpc) is 2.63. The Labute approximate surface area is 164 Å². The Morgan fingerprint density at radius 2 is 1.30 bits per heavy atom. The standard InChI is InChI=1S/C23H38O4/c1-3-4-5-6-7-8-9-10-11-12-13-14-15-16-20-22(27-19(2)24)18-17-21(25)23(20)26/h17-18,25-26H,3-16H2,1-2H3. The molecule has 0 saturated carbocycles. The summed E-state index contributed by atoms with van der Waals surface area (Å²) >= 11 is 0. The van der Waals surface area contributed by atoms with Crippen molar-refractivity contribution in [2.24, 2.45) is 0 Å². The number of unbranched alkanes of at least 4 members (excludes halogenated alkanes) is 12. The van der Waals surface area contributed by atoms with Crippen molar-refractivity contribution in [1.82, 2.24) is 0 Å². The summed E-state index contributed by atoms with van der Waals surface area (Å²) in [5.41, 5.74) is 0.522. The van der Waals surface area contributed by atoms with Gasteiger partial charge in [0.1, 0.15) is 5.75 Å². The molecule has 0 aliphatic heterocycles. The predicted octanol–water partition coefficient (Wildman–Crippen LogP) is 6.66. The number of phenols is 2. The second kappa shape index (κ2) is 14.4. The lowest BCUT2D eigenvalue weighted by molar-refractivity contribution is -0.131. The van der Waals surface area contributed by atoms with Crippen LogP contribution in [0.5, 0.6) is 17.2 Å². The number of ether oxygens (including phenoxy) is 1. The van der Waals surface area contributed by atoms with Crippen LogP contribution in [0.25, 0.3) is 0 Å². The van der Waals surface area contributed by atoms with Gasteiger partial charge < -0.3 is 14.9 Å². The maximum absolute atomic E-state index is 11.2. The van der Waals surface area contributed by atoms with Crippen LogP contribution >= 0.6 is 0 Å². The molecule has 4 nitrogen and oxygen atoms in total. The number of esters is 1. The molecule has 0 aliphatic rings. The minimum absolute atomic E-state index is 0.171. The minimum atomic E-state index is -0.424. The number of hydrogen-bond donors (Lipinski definition) is 2. The number of carbonyl (C=O) groups is 1. The van der Waals surface area contributed by atoms with Gasteiger partial charge in [0.2, 0.25) is 0 Å². The number of rotatable bonds is 15. The quantitative estimate of drug-likeness (QED) is 0.155. The summed E-state index contributed by atoms with van der Waals surface area (Å²) in [6, 6.07) is 2.88. The summed E-state index contributed by atoms with van der Waals surface area (Å²) in [4.78, 5) is 11.2. The molecule has 1 aromatic rings. The fourth-order valence-corrected chi connectivity index (χ4v) is 3.42. The molecule has 154 valence electrons. The fraction of sp³-hybridized carbons (Fsp3) is 0.696. The summed E-state index contributed by atoms with van der Waals surface area (Å²) in [5, 5.41) is 19.7. The van der Waals surface area contributed by atoms with Gasteiger partial charge in [0, 0.05) is 12.5 Å². The fourth-order valence-electron chi connectivity index (χ4n) is 3.42. The lowest BCUT2D eigenvalue weighted by atomic mass is 10.0. The van der Waals surface area contributed by atoms with E-state index in [0.29, 0.717) is 17.7 Å². The largest absolute Gasteiger partial charge is 0.504 e. The highest BCUT2D eigenvalue weighted by Gasteiger charge is 2.14. The first-order chi connectivity index (χ1) is 13.1. The number of hydrogen-bond acceptors (Lipinski definition) is 4. The molecule has 0 saturated heterocycles. The van der Waals surface area contributed by atoms with Crippen LogP contribution in [0.15, 0.2) is 12.1 Å². The van der Waals surface area contributed by atoms with E-state index in [1.165, 1.54) is 89.7 Å². The highest BCUT2D eigenvalue weighted by Crippen LogP contribution is 2.37. The molecule has 0 heterocycles. The first kappa shape index (κ1) is 23.3. The van der Waals surface area contributed by atoms with Gasteiger partial charge in [0.05, 0.1) is 0 Å². The summed E-state index contributed by atoms with van der Waals surface area (Å²) in [5.74, 6) is -0.424. The number of aromatic hydroxyl groups is 2. The van der Waals surface area contributed by atoms with Crippen LogP contribution in [0, 0.1) is 0 Å². The number of phenolic OH excluding ortho intramolecular Hbond substituents is 2. The van der Waals surface area contributed by atoms with Gasteiger partial charge in [-0.3, -0.25) is 4.79 Å². The molecule has 0 spiro atoms. The Morgan fingerprint density at radius 3 is 1.78 bits per heavy atom. The van der Waals surface area contributed by atoms with E-state index in [4.69, 9.17) is 4.74 Å². The molecular formula is C23H38O4. The van der Waals surface area contributed by atoms with Crippen molar-refractivity contribution in [3.63, 3.8) is 0 Å². The Bertz CT molecular complexity index is 539. The van der Waals surface area contributed by atoms with Crippen molar-refractivity contribution in [2.45, 2.75) is 104 Å². The average molecular weight is 379 g/mol. The topological polar surface area (TPSA) is 66.8 Å². The Balaban J connectivity index is 2.13. The lowest BCUT2D eigenvalue weighted by Crippen LogP contribution is -2.04. The molecule has 4 heteroatoms. The minimum Gasteiger partial charge on any atom is -0.504 e. The van der Waals surface area contributed by atoms with Crippen LogP contribution in [0.3, 0.4) is 0 Å². The SMILES string of the molecule is CCCCCCCCCCCCCCCc1c(OC(C)=O)ccc(O)c1O. The van der Waals surface area contributed by atoms with E-state index in [1.54, 1.807) is 0 Å². The maximum atomic E-state index is 11.2. The van der Waals surface area contributed by atoms with E-state index in [1.807, 2.05) is 0 Å². The molecule has 27 heavy (non-hydrogen) atoms. The monoisotopic (exact) mass is 378 g/mol. The van der Waals surface area contributed by atoms with Gasteiger partial charge in [-0.1, -0.05) is 84.0 Å². The zero-order valence-corrected chi connectivity index (χ0v) is 17.3. The van der Waals surface area contributed by atoms with Crippen molar-refractivity contribution >= 4 is 5.97 Å². The number of carbonyl (C=O) groups excluding carboxylic acids is 1. The van der Waals surface area contributed by atoms with Crippen LogP contribution in [-0.2, 0) is 11.2 Å². The second-order valence-corrected chi connectivity index (χ2v) is 7.50. The third-order valence-corrected chi connectivity index (χ3v) is 5.00. The van der Waals surface area contributed by atoms with Gasteiger partial charge in [-0.15, -0.1) is 0 Å². The Kier molecular flexibility index (Phi) is 12.4. The molecule has 0 atom stereocenters. The van der Waals surface area contributed by atoms with Crippen molar-refractivity contribution in [3.8, 4) is 17.2 Å². The third-order valence-electron chi connectivity index (χ3n) is 5.00. The molecule has 1 rings (SSSR count). The van der Waals surface area contributed by atoms with Crippen LogP contribution < -0.4 is 4.74 Å². The van der Waals surface area contributed by atoms with Gasteiger partial charge in [0.15, 0.2) is 11.5 Å². The van der Waals surface area contributed by atoms with E-state index < -0.39 is 5.97 Å². The highest BCUT2D eigenvalue weighted by molar-refractivity contribution is 5.70. The lowest BCUT2D eigenvalue weighted by Gasteiger charge is -2.12. The summed E-state index contributed by atoms with van der Waals surface area (Å²) in [7, 11) is 0. The van der Waals surface area contributed by atoms with Crippen LogP contribution in [0.2, 0.25) is 0 Å². The van der Waals surface area contributed by atoms with E-state index in [9.17, 15) is 15.0 Å². The van der Waals surface area contributed by atoms with Gasteiger partial charge >= 0.3 is 5.97 Å². The molecule has 1 aromatic carbocycles. The molecule has 0 radical (unpaired) electrons. The smallest absolute Gasteiger partial charge is 0.308 e.